The molecule has 0 bridgehead atoms. The van der Waals surface area contributed by atoms with E-state index < -0.39 is 0 Å². The second-order valence-electron chi connectivity index (χ2n) is 11.6. The van der Waals surface area contributed by atoms with Gasteiger partial charge < -0.3 is 24.1 Å². The first-order valence-corrected chi connectivity index (χ1v) is 13.8. The van der Waals surface area contributed by atoms with Gasteiger partial charge in [0, 0.05) is 54.9 Å². The summed E-state index contributed by atoms with van der Waals surface area (Å²) in [5.74, 6) is 2.95. The van der Waals surface area contributed by atoms with E-state index in [-0.39, 0.29) is 23.2 Å². The number of rotatable bonds is 9. The summed E-state index contributed by atoms with van der Waals surface area (Å²) in [7, 11) is 1.92. The van der Waals surface area contributed by atoms with E-state index in [1.807, 2.05) is 28.4 Å². The second-order valence-corrected chi connectivity index (χ2v) is 11.6. The molecule has 0 radical (unpaired) electrons. The van der Waals surface area contributed by atoms with Gasteiger partial charge in [0.05, 0.1) is 43.8 Å². The lowest BCUT2D eigenvalue weighted by Crippen LogP contribution is -2.34. The van der Waals surface area contributed by atoms with Crippen molar-refractivity contribution in [3.63, 3.8) is 0 Å². The van der Waals surface area contributed by atoms with Crippen LogP contribution in [-0.2, 0) is 39.7 Å². The van der Waals surface area contributed by atoms with E-state index in [0.717, 1.165) is 24.1 Å². The highest BCUT2D eigenvalue weighted by molar-refractivity contribution is 5.85. The molecule has 2 fully saturated rings. The molecule has 1 N–H and O–H groups in total. The van der Waals surface area contributed by atoms with Crippen molar-refractivity contribution in [2.75, 3.05) is 25.1 Å². The molecule has 1 unspecified atom stereocenters. The van der Waals surface area contributed by atoms with Crippen molar-refractivity contribution < 1.29 is 19.0 Å². The van der Waals surface area contributed by atoms with Crippen LogP contribution in [0.3, 0.4) is 0 Å². The minimum absolute atomic E-state index is 0.0314. The number of ketones is 1. The Labute approximate surface area is 232 Å². The van der Waals surface area contributed by atoms with Crippen LogP contribution in [-0.4, -0.2) is 61.0 Å². The minimum Gasteiger partial charge on any atom is -0.456 e. The van der Waals surface area contributed by atoms with Crippen molar-refractivity contribution in [1.82, 2.24) is 29.3 Å². The summed E-state index contributed by atoms with van der Waals surface area (Å²) >= 11 is 0. The number of imidazole rings is 1. The molecule has 5 heterocycles. The molecule has 4 aromatic rings. The standard InChI is InChI=1S/C29H35N7O4/c1-29(2,3)25-14-26(34-36(25)16-22-17-38-9-10-39-22)32-28-33-27-23(35(28)4)13-21(15-31-27)40-20-7-8-30-19(11-20)12-24(37)18-5-6-18/h7-8,11,13-15,18,22H,5-6,9-10,12,16-17H2,1-4H3,(H,31,32,33,34). The van der Waals surface area contributed by atoms with Gasteiger partial charge in [-0.15, -0.1) is 0 Å². The van der Waals surface area contributed by atoms with E-state index in [0.29, 0.717) is 67.4 Å². The van der Waals surface area contributed by atoms with Gasteiger partial charge in [-0.2, -0.15) is 10.1 Å². The lowest BCUT2D eigenvalue weighted by Gasteiger charge is -2.26. The molecule has 0 aromatic carbocycles. The van der Waals surface area contributed by atoms with Crippen LogP contribution in [0.15, 0.2) is 36.7 Å². The third-order valence-corrected chi connectivity index (χ3v) is 7.17. The van der Waals surface area contributed by atoms with E-state index in [1.54, 1.807) is 18.5 Å². The smallest absolute Gasteiger partial charge is 0.210 e. The van der Waals surface area contributed by atoms with Gasteiger partial charge >= 0.3 is 0 Å². The number of nitrogens with zero attached hydrogens (tertiary/aromatic N) is 6. The number of ether oxygens (including phenoxy) is 3. The fourth-order valence-corrected chi connectivity index (χ4v) is 4.87. The molecular weight excluding hydrogens is 510 g/mol. The first kappa shape index (κ1) is 26.4. The highest BCUT2D eigenvalue weighted by Gasteiger charge is 2.29. The molecule has 11 heteroatoms. The summed E-state index contributed by atoms with van der Waals surface area (Å²) in [5, 5.41) is 8.20. The predicted octanol–water partition coefficient (Wildman–Crippen LogP) is 4.33. The number of hydrogen-bond donors (Lipinski definition) is 1. The van der Waals surface area contributed by atoms with E-state index in [1.165, 1.54) is 0 Å². The first-order chi connectivity index (χ1) is 19.2. The minimum atomic E-state index is -0.111. The maximum Gasteiger partial charge on any atom is 0.210 e. The topological polar surface area (TPSA) is 118 Å². The van der Waals surface area contributed by atoms with Crippen LogP contribution >= 0.6 is 0 Å². The van der Waals surface area contributed by atoms with Crippen LogP contribution in [0.4, 0.5) is 11.8 Å². The first-order valence-electron chi connectivity index (χ1n) is 13.8. The van der Waals surface area contributed by atoms with Crippen molar-refractivity contribution >= 4 is 28.7 Å². The van der Waals surface area contributed by atoms with Crippen molar-refractivity contribution in [3.8, 4) is 11.5 Å². The zero-order chi connectivity index (χ0) is 27.9. The number of fused-ring (bicyclic) bond motifs is 1. The van der Waals surface area contributed by atoms with Gasteiger partial charge in [0.15, 0.2) is 11.5 Å². The van der Waals surface area contributed by atoms with Crippen molar-refractivity contribution in [1.29, 1.82) is 0 Å². The summed E-state index contributed by atoms with van der Waals surface area (Å²) in [5.41, 5.74) is 3.09. The highest BCUT2D eigenvalue weighted by Crippen LogP contribution is 2.32. The number of aromatic nitrogens is 6. The largest absolute Gasteiger partial charge is 0.456 e. The number of nitrogens with one attached hydrogen (secondary N) is 1. The lowest BCUT2D eigenvalue weighted by molar-refractivity contribution is -0.119. The van der Waals surface area contributed by atoms with Crippen LogP contribution in [0.1, 0.15) is 45.0 Å². The maximum atomic E-state index is 12.2. The van der Waals surface area contributed by atoms with E-state index in [2.05, 4.69) is 47.1 Å². The van der Waals surface area contributed by atoms with E-state index in [9.17, 15) is 4.79 Å². The monoisotopic (exact) mass is 545 g/mol. The maximum absolute atomic E-state index is 12.2. The van der Waals surface area contributed by atoms with Crippen molar-refractivity contribution in [2.24, 2.45) is 13.0 Å². The zero-order valence-electron chi connectivity index (χ0n) is 23.4. The Kier molecular flexibility index (Phi) is 7.01. The number of carbonyl (C=O) groups excluding carboxylic acids is 1. The average molecular weight is 546 g/mol. The Bertz CT molecular complexity index is 1530. The second kappa shape index (κ2) is 10.6. The Morgan fingerprint density at radius 3 is 2.75 bits per heavy atom. The molecule has 2 aliphatic rings. The summed E-state index contributed by atoms with van der Waals surface area (Å²) in [6, 6.07) is 7.54. The summed E-state index contributed by atoms with van der Waals surface area (Å²) < 4.78 is 21.4. The quantitative estimate of drug-likeness (QED) is 0.328. The number of aryl methyl sites for hydroxylation is 1. The van der Waals surface area contributed by atoms with Crippen LogP contribution in [0.5, 0.6) is 11.5 Å². The normalized spacial score (nSPS) is 17.8. The molecular formula is C29H35N7O4. The van der Waals surface area contributed by atoms with Gasteiger partial charge in [-0.25, -0.2) is 4.98 Å². The molecule has 0 spiro atoms. The van der Waals surface area contributed by atoms with Crippen molar-refractivity contribution in [3.05, 3.63) is 48.0 Å². The Hall–Kier alpha value is -3.83. The molecule has 1 saturated carbocycles. The molecule has 210 valence electrons. The predicted molar refractivity (Wildman–Crippen MR) is 149 cm³/mol. The third kappa shape index (κ3) is 5.85. The fourth-order valence-electron chi connectivity index (χ4n) is 4.87. The Morgan fingerprint density at radius 2 is 2.00 bits per heavy atom. The van der Waals surface area contributed by atoms with E-state index >= 15 is 0 Å². The Morgan fingerprint density at radius 1 is 1.15 bits per heavy atom. The fraction of sp³-hybridized carbons (Fsp3) is 0.483. The molecule has 1 saturated heterocycles. The highest BCUT2D eigenvalue weighted by atomic mass is 16.6. The molecule has 4 aromatic heterocycles. The molecule has 1 aliphatic heterocycles. The molecule has 40 heavy (non-hydrogen) atoms. The van der Waals surface area contributed by atoms with Gasteiger partial charge in [-0.3, -0.25) is 14.5 Å². The number of hydrogen-bond acceptors (Lipinski definition) is 9. The summed E-state index contributed by atoms with van der Waals surface area (Å²) in [6.45, 7) is 8.91. The van der Waals surface area contributed by atoms with Crippen LogP contribution in [0.25, 0.3) is 11.2 Å². The van der Waals surface area contributed by atoms with Crippen molar-refractivity contribution in [2.45, 2.75) is 58.1 Å². The number of anilines is 2. The van der Waals surface area contributed by atoms with Gasteiger partial charge in [0.2, 0.25) is 5.95 Å². The van der Waals surface area contributed by atoms with Gasteiger partial charge in [0.25, 0.3) is 0 Å². The van der Waals surface area contributed by atoms with Gasteiger partial charge in [-0.05, 0) is 18.9 Å². The molecule has 1 atom stereocenters. The summed E-state index contributed by atoms with van der Waals surface area (Å²) in [6.07, 6.45) is 5.61. The third-order valence-electron chi connectivity index (χ3n) is 7.17. The molecule has 0 amide bonds. The zero-order valence-corrected chi connectivity index (χ0v) is 23.4. The molecule has 6 rings (SSSR count). The molecule has 11 nitrogen and oxygen atoms in total. The Balaban J connectivity index is 1.20. The summed E-state index contributed by atoms with van der Waals surface area (Å²) in [4.78, 5) is 25.7. The van der Waals surface area contributed by atoms with Gasteiger partial charge in [-0.1, -0.05) is 20.8 Å². The SMILES string of the molecule is Cn1c(Nc2cc(C(C)(C)C)n(CC3COCCO3)n2)nc2ncc(Oc3ccnc(CC(=O)C4CC4)c3)cc21. The average Bonchev–Trinajstić information content (AvgIpc) is 3.63. The number of carbonyl (C=O) groups is 1. The van der Waals surface area contributed by atoms with E-state index in [4.69, 9.17) is 19.3 Å². The lowest BCUT2D eigenvalue weighted by atomic mass is 9.92. The number of pyridine rings is 2. The van der Waals surface area contributed by atoms with Crippen LogP contribution in [0.2, 0.25) is 0 Å². The van der Waals surface area contributed by atoms with Crippen LogP contribution in [0, 0.1) is 5.92 Å². The number of Topliss-reactive ketones (excluding diaryl/α,β-unsaturated/α-hetero) is 1. The van der Waals surface area contributed by atoms with Crippen LogP contribution < -0.4 is 10.1 Å². The molecule has 1 aliphatic carbocycles. The van der Waals surface area contributed by atoms with Gasteiger partial charge in [0.1, 0.15) is 23.4 Å².